The van der Waals surface area contributed by atoms with Gasteiger partial charge < -0.3 is 5.73 Å². The third-order valence-electron chi connectivity index (χ3n) is 1.49. The van der Waals surface area contributed by atoms with Crippen LogP contribution in [0.5, 0.6) is 0 Å². The Morgan fingerprint density at radius 3 is 1.82 bits per heavy atom. The lowest BCUT2D eigenvalue weighted by Crippen LogP contribution is -2.13. The number of hydrogen-bond acceptors (Lipinski definition) is 4. The SMILES string of the molecule is CC(=O)CC(N)=O.NS(=O)(=O)c1ccccc1. The van der Waals surface area contributed by atoms with Gasteiger partial charge in [0.25, 0.3) is 0 Å². The molecule has 4 N–H and O–H groups in total. The second kappa shape index (κ2) is 6.77. The molecule has 17 heavy (non-hydrogen) atoms. The minimum Gasteiger partial charge on any atom is -0.369 e. The van der Waals surface area contributed by atoms with Crippen molar-refractivity contribution in [2.24, 2.45) is 10.9 Å². The number of benzene rings is 1. The molecule has 0 spiro atoms. The molecule has 0 atom stereocenters. The van der Waals surface area contributed by atoms with Crippen molar-refractivity contribution >= 4 is 21.7 Å². The third kappa shape index (κ3) is 8.12. The van der Waals surface area contributed by atoms with E-state index in [1.54, 1.807) is 18.2 Å². The van der Waals surface area contributed by atoms with Crippen molar-refractivity contribution in [3.63, 3.8) is 0 Å². The number of carbonyl (C=O) groups is 2. The molecule has 1 aromatic carbocycles. The standard InChI is InChI=1S/C6H7NO2S.C4H7NO2/c7-10(8,9)6-4-2-1-3-5-6;1-3(6)2-4(5)7/h1-5H,(H2,7,8,9);2H2,1H3,(H2,5,7). The molecule has 0 aliphatic heterocycles. The topological polar surface area (TPSA) is 120 Å². The fraction of sp³-hybridized carbons (Fsp3) is 0.200. The lowest BCUT2D eigenvalue weighted by atomic mass is 10.3. The van der Waals surface area contributed by atoms with Crippen molar-refractivity contribution in [2.45, 2.75) is 18.2 Å². The van der Waals surface area contributed by atoms with Gasteiger partial charge in [0.2, 0.25) is 15.9 Å². The van der Waals surface area contributed by atoms with E-state index in [0.717, 1.165) is 0 Å². The maximum atomic E-state index is 10.6. The average Bonchev–Trinajstić information content (AvgIpc) is 2.16. The van der Waals surface area contributed by atoms with Crippen molar-refractivity contribution in [3.05, 3.63) is 30.3 Å². The highest BCUT2D eigenvalue weighted by Gasteiger charge is 2.03. The molecule has 1 aromatic rings. The maximum absolute atomic E-state index is 10.6. The Morgan fingerprint density at radius 2 is 1.65 bits per heavy atom. The van der Waals surface area contributed by atoms with E-state index in [4.69, 9.17) is 5.14 Å². The first kappa shape index (κ1) is 15.3. The summed E-state index contributed by atoms with van der Waals surface area (Å²) in [5.41, 5.74) is 4.63. The number of rotatable bonds is 3. The van der Waals surface area contributed by atoms with Crippen molar-refractivity contribution in [1.29, 1.82) is 0 Å². The number of sulfonamides is 1. The van der Waals surface area contributed by atoms with Crippen LogP contribution in [-0.2, 0) is 19.6 Å². The fourth-order valence-corrected chi connectivity index (χ4v) is 1.39. The number of Topliss-reactive ketones (excluding diaryl/α,β-unsaturated/α-hetero) is 1. The average molecular weight is 258 g/mol. The van der Waals surface area contributed by atoms with Crippen LogP contribution in [0.1, 0.15) is 13.3 Å². The number of carbonyl (C=O) groups excluding carboxylic acids is 2. The zero-order valence-electron chi connectivity index (χ0n) is 9.29. The molecule has 0 radical (unpaired) electrons. The number of primary sulfonamides is 1. The van der Waals surface area contributed by atoms with Crippen molar-refractivity contribution in [3.8, 4) is 0 Å². The van der Waals surface area contributed by atoms with Gasteiger partial charge in [-0.3, -0.25) is 9.59 Å². The Bertz CT molecular complexity index is 470. The van der Waals surface area contributed by atoms with E-state index in [-0.39, 0.29) is 17.1 Å². The predicted molar refractivity (Wildman–Crippen MR) is 62.3 cm³/mol. The van der Waals surface area contributed by atoms with Crippen molar-refractivity contribution in [2.75, 3.05) is 0 Å². The molecule has 1 amide bonds. The number of primary amides is 1. The van der Waals surface area contributed by atoms with Gasteiger partial charge in [0, 0.05) is 0 Å². The highest BCUT2D eigenvalue weighted by Crippen LogP contribution is 2.02. The minimum absolute atomic E-state index is 0.139. The van der Waals surface area contributed by atoms with Crippen molar-refractivity contribution in [1.82, 2.24) is 0 Å². The summed E-state index contributed by atoms with van der Waals surface area (Å²) in [6, 6.07) is 7.89. The molecule has 0 aliphatic carbocycles. The third-order valence-corrected chi connectivity index (χ3v) is 2.42. The lowest BCUT2D eigenvalue weighted by Gasteiger charge is -1.93. The van der Waals surface area contributed by atoms with Crippen LogP contribution < -0.4 is 10.9 Å². The molecule has 0 heterocycles. The van der Waals surface area contributed by atoms with E-state index in [2.05, 4.69) is 5.73 Å². The Balaban J connectivity index is 0.000000325. The van der Waals surface area contributed by atoms with Crippen LogP contribution >= 0.6 is 0 Å². The predicted octanol–water partition coefficient (Wildman–Crippen LogP) is -0.215. The number of amides is 1. The van der Waals surface area contributed by atoms with Gasteiger partial charge in [-0.25, -0.2) is 13.6 Å². The van der Waals surface area contributed by atoms with Gasteiger partial charge in [0.15, 0.2) is 0 Å². The summed E-state index contributed by atoms with van der Waals surface area (Å²) in [5, 5.41) is 4.83. The van der Waals surface area contributed by atoms with Crippen LogP contribution in [0.2, 0.25) is 0 Å². The molecule has 0 fully saturated rings. The first-order valence-corrected chi connectivity index (χ1v) is 6.13. The Labute approximate surface area is 99.7 Å². The van der Waals surface area contributed by atoms with Crippen LogP contribution in [0.4, 0.5) is 0 Å². The molecule has 0 saturated carbocycles. The number of nitrogens with two attached hydrogens (primary N) is 2. The Hall–Kier alpha value is -1.73. The highest BCUT2D eigenvalue weighted by atomic mass is 32.2. The summed E-state index contributed by atoms with van der Waals surface area (Å²) in [7, 11) is -3.50. The molecular weight excluding hydrogens is 244 g/mol. The van der Waals surface area contributed by atoms with E-state index >= 15 is 0 Å². The zero-order chi connectivity index (χ0) is 13.5. The Morgan fingerprint density at radius 1 is 1.18 bits per heavy atom. The molecule has 0 saturated heterocycles. The van der Waals surface area contributed by atoms with Crippen LogP contribution in [0, 0.1) is 0 Å². The van der Waals surface area contributed by atoms with E-state index < -0.39 is 15.9 Å². The van der Waals surface area contributed by atoms with E-state index in [1.807, 2.05) is 0 Å². The van der Waals surface area contributed by atoms with Gasteiger partial charge in [0.05, 0.1) is 11.3 Å². The molecule has 6 nitrogen and oxygen atoms in total. The molecule has 0 aliphatic rings. The minimum atomic E-state index is -3.50. The molecule has 0 unspecified atom stereocenters. The largest absolute Gasteiger partial charge is 0.369 e. The quantitative estimate of drug-likeness (QED) is 0.728. The summed E-state index contributed by atoms with van der Waals surface area (Å²) >= 11 is 0. The van der Waals surface area contributed by atoms with Gasteiger partial charge in [-0.05, 0) is 19.1 Å². The normalized spacial score (nSPS) is 10.0. The first-order valence-electron chi connectivity index (χ1n) is 4.59. The molecule has 94 valence electrons. The molecular formula is C10H14N2O4S. The summed E-state index contributed by atoms with van der Waals surface area (Å²) in [4.78, 5) is 19.9. The number of hydrogen-bond donors (Lipinski definition) is 2. The highest BCUT2D eigenvalue weighted by molar-refractivity contribution is 7.89. The van der Waals surface area contributed by atoms with Gasteiger partial charge in [-0.15, -0.1) is 0 Å². The monoisotopic (exact) mass is 258 g/mol. The second-order valence-corrected chi connectivity index (χ2v) is 4.76. The number of ketones is 1. The maximum Gasteiger partial charge on any atom is 0.238 e. The molecule has 7 heteroatoms. The van der Waals surface area contributed by atoms with Crippen LogP contribution in [-0.4, -0.2) is 20.1 Å². The second-order valence-electron chi connectivity index (χ2n) is 3.20. The van der Waals surface area contributed by atoms with Crippen LogP contribution in [0.3, 0.4) is 0 Å². The lowest BCUT2D eigenvalue weighted by molar-refractivity contribution is -0.125. The summed E-state index contributed by atoms with van der Waals surface area (Å²) < 4.78 is 21.2. The molecule has 1 rings (SSSR count). The van der Waals surface area contributed by atoms with Crippen LogP contribution in [0.25, 0.3) is 0 Å². The van der Waals surface area contributed by atoms with Gasteiger partial charge in [-0.2, -0.15) is 0 Å². The first-order chi connectivity index (χ1) is 7.73. The van der Waals surface area contributed by atoms with E-state index in [9.17, 15) is 18.0 Å². The van der Waals surface area contributed by atoms with Crippen molar-refractivity contribution < 1.29 is 18.0 Å². The van der Waals surface area contributed by atoms with Crippen LogP contribution in [0.15, 0.2) is 35.2 Å². The van der Waals surface area contributed by atoms with Gasteiger partial charge in [-0.1, -0.05) is 18.2 Å². The van der Waals surface area contributed by atoms with E-state index in [0.29, 0.717) is 0 Å². The Kier molecular flexibility index (Phi) is 6.08. The zero-order valence-corrected chi connectivity index (χ0v) is 10.1. The smallest absolute Gasteiger partial charge is 0.238 e. The molecule has 0 bridgehead atoms. The fourth-order valence-electron chi connectivity index (χ4n) is 0.856. The summed E-state index contributed by atoms with van der Waals surface area (Å²) in [6.07, 6.45) is -0.139. The summed E-state index contributed by atoms with van der Waals surface area (Å²) in [6.45, 7) is 1.32. The molecule has 0 aromatic heterocycles. The summed E-state index contributed by atoms with van der Waals surface area (Å²) in [5.74, 6) is -0.750. The van der Waals surface area contributed by atoms with Gasteiger partial charge in [0.1, 0.15) is 5.78 Å². The van der Waals surface area contributed by atoms with Gasteiger partial charge >= 0.3 is 0 Å². The van der Waals surface area contributed by atoms with E-state index in [1.165, 1.54) is 19.1 Å².